The molecule has 0 radical (unpaired) electrons. The molecule has 3 heterocycles. The van der Waals surface area contributed by atoms with Gasteiger partial charge in [0.2, 0.25) is 11.8 Å². The largest absolute Gasteiger partial charge is 0.354 e. The van der Waals surface area contributed by atoms with Crippen LogP contribution in [0, 0.1) is 0 Å². The number of carbonyl (C=O) groups is 2. The van der Waals surface area contributed by atoms with Gasteiger partial charge in [-0.1, -0.05) is 0 Å². The Morgan fingerprint density at radius 1 is 1.15 bits per heavy atom. The molecule has 2 saturated heterocycles. The van der Waals surface area contributed by atoms with Crippen LogP contribution in [0.5, 0.6) is 0 Å². The SMILES string of the molecule is Cn1ccc(NC2(C(=O)N3CCCC3)CCN(C(=O)CS(C)(=O)=O)CC2)n1. The van der Waals surface area contributed by atoms with Gasteiger partial charge in [-0.15, -0.1) is 0 Å². The molecule has 2 aliphatic rings. The first-order valence-corrected chi connectivity index (χ1v) is 11.3. The molecule has 0 saturated carbocycles. The van der Waals surface area contributed by atoms with Crippen molar-refractivity contribution in [3.63, 3.8) is 0 Å². The zero-order valence-corrected chi connectivity index (χ0v) is 16.7. The van der Waals surface area contributed by atoms with Crippen molar-refractivity contribution in [1.82, 2.24) is 19.6 Å². The van der Waals surface area contributed by atoms with E-state index in [1.807, 2.05) is 18.0 Å². The van der Waals surface area contributed by atoms with Gasteiger partial charge < -0.3 is 15.1 Å². The number of nitrogens with zero attached hydrogens (tertiary/aromatic N) is 4. The van der Waals surface area contributed by atoms with E-state index >= 15 is 0 Å². The summed E-state index contributed by atoms with van der Waals surface area (Å²) in [6.07, 6.45) is 5.72. The Hall–Kier alpha value is -2.10. The van der Waals surface area contributed by atoms with Gasteiger partial charge in [-0.3, -0.25) is 14.3 Å². The first-order valence-electron chi connectivity index (χ1n) is 9.21. The van der Waals surface area contributed by atoms with Crippen molar-refractivity contribution in [2.45, 2.75) is 31.2 Å². The first kappa shape index (κ1) is 19.7. The first-order chi connectivity index (χ1) is 12.7. The summed E-state index contributed by atoms with van der Waals surface area (Å²) < 4.78 is 24.5. The van der Waals surface area contributed by atoms with Gasteiger partial charge in [0.1, 0.15) is 17.1 Å². The fourth-order valence-corrected chi connectivity index (χ4v) is 4.43. The molecular weight excluding hydrogens is 370 g/mol. The van der Waals surface area contributed by atoms with Gasteiger partial charge in [0.25, 0.3) is 0 Å². The minimum absolute atomic E-state index is 0.0425. The Kier molecular flexibility index (Phi) is 5.45. The zero-order chi connectivity index (χ0) is 19.7. The van der Waals surface area contributed by atoms with E-state index in [1.54, 1.807) is 10.9 Å². The van der Waals surface area contributed by atoms with Crippen LogP contribution in [0.15, 0.2) is 12.3 Å². The van der Waals surface area contributed by atoms with Gasteiger partial charge in [-0.05, 0) is 25.7 Å². The standard InChI is InChI=1S/C17H27N5O4S/c1-20-10-5-14(19-20)18-17(16(24)22-8-3-4-9-22)6-11-21(12-7-17)15(23)13-27(2,25)26/h5,10H,3-4,6-9,11-13H2,1-2H3,(H,18,19). The summed E-state index contributed by atoms with van der Waals surface area (Å²) in [6.45, 7) is 2.18. The summed E-state index contributed by atoms with van der Waals surface area (Å²) in [5, 5.41) is 7.66. The van der Waals surface area contributed by atoms with Gasteiger partial charge in [0.05, 0.1) is 0 Å². The third-order valence-electron chi connectivity index (χ3n) is 5.24. The van der Waals surface area contributed by atoms with Crippen LogP contribution in [0.25, 0.3) is 0 Å². The lowest BCUT2D eigenvalue weighted by molar-refractivity contribution is -0.139. The lowest BCUT2D eigenvalue weighted by atomic mass is 9.85. The monoisotopic (exact) mass is 397 g/mol. The number of aryl methyl sites for hydroxylation is 1. The molecule has 3 rings (SSSR count). The Morgan fingerprint density at radius 3 is 2.30 bits per heavy atom. The molecule has 150 valence electrons. The van der Waals surface area contributed by atoms with Gasteiger partial charge in [-0.25, -0.2) is 8.42 Å². The molecule has 9 nitrogen and oxygen atoms in total. The number of rotatable bonds is 5. The van der Waals surface area contributed by atoms with Crippen molar-refractivity contribution in [1.29, 1.82) is 0 Å². The van der Waals surface area contributed by atoms with E-state index in [2.05, 4.69) is 10.4 Å². The maximum Gasteiger partial charge on any atom is 0.248 e. The van der Waals surface area contributed by atoms with Crippen LogP contribution in [-0.4, -0.2) is 83.5 Å². The average molecular weight is 398 g/mol. The van der Waals surface area contributed by atoms with Crippen LogP contribution in [0.3, 0.4) is 0 Å². The number of hydrogen-bond donors (Lipinski definition) is 1. The van der Waals surface area contributed by atoms with Gasteiger partial charge >= 0.3 is 0 Å². The van der Waals surface area contributed by atoms with Crippen molar-refractivity contribution in [3.8, 4) is 0 Å². The number of anilines is 1. The average Bonchev–Trinajstić information content (AvgIpc) is 3.25. The number of sulfone groups is 1. The van der Waals surface area contributed by atoms with Crippen molar-refractivity contribution < 1.29 is 18.0 Å². The third-order valence-corrected chi connectivity index (χ3v) is 6.01. The number of hydrogen-bond acceptors (Lipinski definition) is 6. The molecule has 1 aromatic heterocycles. The molecule has 1 N–H and O–H groups in total. The smallest absolute Gasteiger partial charge is 0.248 e. The number of aromatic nitrogens is 2. The van der Waals surface area contributed by atoms with Crippen molar-refractivity contribution in [2.24, 2.45) is 7.05 Å². The van der Waals surface area contributed by atoms with E-state index in [0.717, 1.165) is 32.2 Å². The molecular formula is C17H27N5O4S. The topological polar surface area (TPSA) is 105 Å². The van der Waals surface area contributed by atoms with Gasteiger partial charge in [-0.2, -0.15) is 5.10 Å². The van der Waals surface area contributed by atoms with E-state index < -0.39 is 27.0 Å². The molecule has 2 amide bonds. The fourth-order valence-electron chi connectivity index (χ4n) is 3.80. The fraction of sp³-hybridized carbons (Fsp3) is 0.706. The highest BCUT2D eigenvalue weighted by Gasteiger charge is 2.45. The lowest BCUT2D eigenvalue weighted by Crippen LogP contribution is -2.59. The minimum Gasteiger partial charge on any atom is -0.354 e. The summed E-state index contributed by atoms with van der Waals surface area (Å²) in [5.74, 6) is -0.229. The van der Waals surface area contributed by atoms with E-state index in [4.69, 9.17) is 0 Å². The van der Waals surface area contributed by atoms with Gasteiger partial charge in [0, 0.05) is 51.7 Å². The Bertz CT molecular complexity index is 805. The molecule has 1 aromatic rings. The molecule has 0 aliphatic carbocycles. The molecule has 0 spiro atoms. The lowest BCUT2D eigenvalue weighted by Gasteiger charge is -2.43. The second-order valence-corrected chi connectivity index (χ2v) is 9.67. The van der Waals surface area contributed by atoms with Crippen molar-refractivity contribution >= 4 is 27.5 Å². The molecule has 2 fully saturated rings. The van der Waals surface area contributed by atoms with Crippen molar-refractivity contribution in [3.05, 3.63) is 12.3 Å². The molecule has 0 unspecified atom stereocenters. The number of carbonyl (C=O) groups excluding carboxylic acids is 2. The van der Waals surface area contributed by atoms with E-state index in [-0.39, 0.29) is 5.91 Å². The number of likely N-dealkylation sites (tertiary alicyclic amines) is 2. The molecule has 10 heteroatoms. The molecule has 0 aromatic carbocycles. The predicted molar refractivity (Wildman–Crippen MR) is 101 cm³/mol. The Morgan fingerprint density at radius 2 is 1.78 bits per heavy atom. The second-order valence-electron chi connectivity index (χ2n) is 7.53. The van der Waals surface area contributed by atoms with Crippen LogP contribution in [-0.2, 0) is 26.5 Å². The summed E-state index contributed by atoms with van der Waals surface area (Å²) in [4.78, 5) is 28.9. The minimum atomic E-state index is -3.37. The van der Waals surface area contributed by atoms with Crippen LogP contribution in [0.2, 0.25) is 0 Å². The predicted octanol–water partition coefficient (Wildman–Crippen LogP) is -0.140. The summed E-state index contributed by atoms with van der Waals surface area (Å²) >= 11 is 0. The second kappa shape index (κ2) is 7.49. The number of piperidine rings is 1. The van der Waals surface area contributed by atoms with Crippen LogP contribution >= 0.6 is 0 Å². The quantitative estimate of drug-likeness (QED) is 0.742. The highest BCUT2D eigenvalue weighted by atomic mass is 32.2. The van der Waals surface area contributed by atoms with Gasteiger partial charge in [0.15, 0.2) is 9.84 Å². The van der Waals surface area contributed by atoms with Crippen LogP contribution < -0.4 is 5.32 Å². The summed E-state index contributed by atoms with van der Waals surface area (Å²) in [6, 6.07) is 1.82. The maximum absolute atomic E-state index is 13.3. The summed E-state index contributed by atoms with van der Waals surface area (Å²) in [5.41, 5.74) is -0.819. The van der Waals surface area contributed by atoms with Crippen LogP contribution in [0.1, 0.15) is 25.7 Å². The van der Waals surface area contributed by atoms with Crippen molar-refractivity contribution in [2.75, 3.05) is 43.5 Å². The van der Waals surface area contributed by atoms with E-state index in [0.29, 0.717) is 31.7 Å². The Balaban J connectivity index is 1.75. The third kappa shape index (κ3) is 4.60. The highest BCUT2D eigenvalue weighted by Crippen LogP contribution is 2.30. The molecule has 0 bridgehead atoms. The summed E-state index contributed by atoms with van der Waals surface area (Å²) in [7, 11) is -1.56. The molecule has 2 aliphatic heterocycles. The molecule has 27 heavy (non-hydrogen) atoms. The highest BCUT2D eigenvalue weighted by molar-refractivity contribution is 7.91. The normalized spacial score (nSPS) is 19.9. The Labute approximate surface area is 159 Å². The zero-order valence-electron chi connectivity index (χ0n) is 15.8. The number of amides is 2. The van der Waals surface area contributed by atoms with Crippen LogP contribution in [0.4, 0.5) is 5.82 Å². The maximum atomic E-state index is 13.3. The number of nitrogens with one attached hydrogen (secondary N) is 1. The van der Waals surface area contributed by atoms with E-state index in [9.17, 15) is 18.0 Å². The molecule has 0 atom stereocenters. The van der Waals surface area contributed by atoms with E-state index in [1.165, 1.54) is 4.90 Å².